The maximum atomic E-state index is 2.47. The summed E-state index contributed by atoms with van der Waals surface area (Å²) < 4.78 is 0. The van der Waals surface area contributed by atoms with Crippen molar-refractivity contribution < 1.29 is 0 Å². The summed E-state index contributed by atoms with van der Waals surface area (Å²) in [6.07, 6.45) is 8.78. The van der Waals surface area contributed by atoms with E-state index in [0.29, 0.717) is 0 Å². The monoisotopic (exact) mass is 132 g/mol. The summed E-state index contributed by atoms with van der Waals surface area (Å²) >= 11 is 0. The third-order valence-corrected chi connectivity index (χ3v) is 3.50. The zero-order valence-corrected chi connectivity index (χ0v) is 6.25. The fourth-order valence-electron chi connectivity index (χ4n) is 3.02. The van der Waals surface area contributed by atoms with Gasteiger partial charge < -0.3 is 0 Å². The molecule has 4 unspecified atom stereocenters. The average Bonchev–Trinajstić information content (AvgIpc) is 2.40. The van der Waals surface area contributed by atoms with E-state index in [4.69, 9.17) is 0 Å². The molecule has 0 spiro atoms. The molecule has 1 saturated carbocycles. The largest absolute Gasteiger partial charge is 0.0845 e. The molecule has 0 radical (unpaired) electrons. The number of fused-ring (bicyclic) bond motifs is 5. The second-order valence-corrected chi connectivity index (χ2v) is 3.96. The van der Waals surface area contributed by atoms with Crippen molar-refractivity contribution in [2.24, 2.45) is 23.7 Å². The van der Waals surface area contributed by atoms with Gasteiger partial charge in [0.15, 0.2) is 0 Å². The first-order chi connectivity index (χ1) is 4.86. The Bertz CT molecular complexity index is 234. The second-order valence-electron chi connectivity index (χ2n) is 3.96. The van der Waals surface area contributed by atoms with Crippen LogP contribution in [-0.4, -0.2) is 0 Å². The van der Waals surface area contributed by atoms with Gasteiger partial charge >= 0.3 is 0 Å². The Morgan fingerprint density at radius 1 is 1.30 bits per heavy atom. The van der Waals surface area contributed by atoms with Crippen LogP contribution in [0.3, 0.4) is 0 Å². The molecule has 0 saturated heterocycles. The lowest BCUT2D eigenvalue weighted by atomic mass is 9.70. The van der Waals surface area contributed by atoms with Crippen LogP contribution in [0.5, 0.6) is 0 Å². The first-order valence-corrected chi connectivity index (χ1v) is 4.23. The van der Waals surface area contributed by atoms with Crippen molar-refractivity contribution in [2.45, 2.75) is 13.3 Å². The van der Waals surface area contributed by atoms with Crippen LogP contribution in [0, 0.1) is 23.7 Å². The Morgan fingerprint density at radius 3 is 2.70 bits per heavy atom. The maximum absolute atomic E-state index is 2.47. The smallest absolute Gasteiger partial charge is 0.00740 e. The minimum Gasteiger partial charge on any atom is -0.0845 e. The van der Waals surface area contributed by atoms with E-state index in [1.54, 1.807) is 5.57 Å². The molecular weight excluding hydrogens is 120 g/mol. The van der Waals surface area contributed by atoms with Crippen molar-refractivity contribution in [2.75, 3.05) is 0 Å². The van der Waals surface area contributed by atoms with Gasteiger partial charge in [0.2, 0.25) is 0 Å². The number of hydrogen-bond acceptors (Lipinski definition) is 0. The molecule has 0 aromatic heterocycles. The molecule has 0 nitrogen and oxygen atoms in total. The first kappa shape index (κ1) is 5.17. The average molecular weight is 132 g/mol. The van der Waals surface area contributed by atoms with Crippen molar-refractivity contribution in [3.63, 3.8) is 0 Å². The van der Waals surface area contributed by atoms with Gasteiger partial charge in [0.25, 0.3) is 0 Å². The minimum absolute atomic E-state index is 0.929. The summed E-state index contributed by atoms with van der Waals surface area (Å²) in [5.41, 5.74) is 1.65. The van der Waals surface area contributed by atoms with Crippen LogP contribution in [0.15, 0.2) is 23.8 Å². The van der Waals surface area contributed by atoms with E-state index >= 15 is 0 Å². The highest BCUT2D eigenvalue weighted by Crippen LogP contribution is 2.56. The standard InChI is InChI=1S/C10H12/c1-6-4-9-7-2-3-8(5-7)10(6)9/h2-4,7-10H,5H2,1H3. The van der Waals surface area contributed by atoms with Gasteiger partial charge in [-0.25, -0.2) is 0 Å². The summed E-state index contributed by atoms with van der Waals surface area (Å²) in [6.45, 7) is 2.29. The van der Waals surface area contributed by atoms with Gasteiger partial charge in [-0.2, -0.15) is 0 Å². The molecule has 4 atom stereocenters. The van der Waals surface area contributed by atoms with Crippen molar-refractivity contribution in [1.82, 2.24) is 0 Å². The van der Waals surface area contributed by atoms with E-state index in [9.17, 15) is 0 Å². The molecule has 3 rings (SSSR count). The van der Waals surface area contributed by atoms with E-state index < -0.39 is 0 Å². The van der Waals surface area contributed by atoms with Gasteiger partial charge in [-0.15, -0.1) is 0 Å². The molecule has 0 heterocycles. The highest BCUT2D eigenvalue weighted by molar-refractivity contribution is 5.33. The lowest BCUT2D eigenvalue weighted by Gasteiger charge is -2.35. The highest BCUT2D eigenvalue weighted by atomic mass is 14.5. The molecular formula is C10H12. The van der Waals surface area contributed by atoms with Crippen molar-refractivity contribution in [3.8, 4) is 0 Å². The summed E-state index contributed by atoms with van der Waals surface area (Å²) in [7, 11) is 0. The molecule has 3 aliphatic carbocycles. The summed E-state index contributed by atoms with van der Waals surface area (Å²) in [6, 6.07) is 0. The number of allylic oxidation sites excluding steroid dienone is 4. The van der Waals surface area contributed by atoms with Crippen molar-refractivity contribution in [3.05, 3.63) is 23.8 Å². The lowest BCUT2D eigenvalue weighted by molar-refractivity contribution is 0.371. The molecule has 0 aromatic rings. The molecule has 0 heteroatoms. The van der Waals surface area contributed by atoms with Crippen LogP contribution in [-0.2, 0) is 0 Å². The van der Waals surface area contributed by atoms with E-state index in [-0.39, 0.29) is 0 Å². The van der Waals surface area contributed by atoms with Crippen LogP contribution >= 0.6 is 0 Å². The van der Waals surface area contributed by atoms with Crippen LogP contribution in [0.2, 0.25) is 0 Å². The Kier molecular flexibility index (Phi) is 0.719. The molecule has 2 bridgehead atoms. The summed E-state index contributed by atoms with van der Waals surface area (Å²) in [5.74, 6) is 3.78. The van der Waals surface area contributed by atoms with E-state index in [1.807, 2.05) is 0 Å². The fourth-order valence-corrected chi connectivity index (χ4v) is 3.02. The van der Waals surface area contributed by atoms with E-state index in [0.717, 1.165) is 23.7 Å². The Hall–Kier alpha value is -0.520. The molecule has 1 fully saturated rings. The quantitative estimate of drug-likeness (QED) is 0.444. The van der Waals surface area contributed by atoms with Crippen LogP contribution in [0.4, 0.5) is 0 Å². The third kappa shape index (κ3) is 0.387. The zero-order chi connectivity index (χ0) is 6.72. The van der Waals surface area contributed by atoms with Crippen LogP contribution in [0.25, 0.3) is 0 Å². The molecule has 0 aromatic carbocycles. The van der Waals surface area contributed by atoms with Gasteiger partial charge in [0, 0.05) is 0 Å². The van der Waals surface area contributed by atoms with Gasteiger partial charge in [0.1, 0.15) is 0 Å². The van der Waals surface area contributed by atoms with Gasteiger partial charge in [-0.1, -0.05) is 23.8 Å². The SMILES string of the molecule is CC1=CC2C3C=CC(C3)C12. The fraction of sp³-hybridized carbons (Fsp3) is 0.600. The third-order valence-electron chi connectivity index (χ3n) is 3.50. The Morgan fingerprint density at radius 2 is 2.10 bits per heavy atom. The van der Waals surface area contributed by atoms with Gasteiger partial charge in [-0.05, 0) is 37.0 Å². The maximum Gasteiger partial charge on any atom is -0.00740 e. The normalized spacial score (nSPS) is 54.3. The molecule has 0 aliphatic heterocycles. The van der Waals surface area contributed by atoms with Gasteiger partial charge in [-0.3, -0.25) is 0 Å². The molecule has 0 amide bonds. The van der Waals surface area contributed by atoms with Crippen molar-refractivity contribution >= 4 is 0 Å². The van der Waals surface area contributed by atoms with Crippen molar-refractivity contribution in [1.29, 1.82) is 0 Å². The molecule has 3 aliphatic rings. The minimum atomic E-state index is 0.929. The van der Waals surface area contributed by atoms with Gasteiger partial charge in [0.05, 0.1) is 0 Å². The van der Waals surface area contributed by atoms with Crippen LogP contribution in [0.1, 0.15) is 13.3 Å². The number of rotatable bonds is 0. The summed E-state index contributed by atoms with van der Waals surface area (Å²) in [4.78, 5) is 0. The second kappa shape index (κ2) is 1.39. The number of hydrogen-bond donors (Lipinski definition) is 0. The molecule has 52 valence electrons. The van der Waals surface area contributed by atoms with E-state index in [2.05, 4.69) is 25.2 Å². The predicted molar refractivity (Wildman–Crippen MR) is 41.5 cm³/mol. The topological polar surface area (TPSA) is 0 Å². The Balaban J connectivity index is 2.05. The molecule has 0 N–H and O–H groups in total. The predicted octanol–water partition coefficient (Wildman–Crippen LogP) is 2.38. The van der Waals surface area contributed by atoms with Crippen LogP contribution < -0.4 is 0 Å². The Labute approximate surface area is 61.6 Å². The van der Waals surface area contributed by atoms with E-state index in [1.165, 1.54) is 6.42 Å². The summed E-state index contributed by atoms with van der Waals surface area (Å²) in [5, 5.41) is 0. The zero-order valence-electron chi connectivity index (χ0n) is 6.25. The lowest BCUT2D eigenvalue weighted by Crippen LogP contribution is -2.26. The molecule has 10 heavy (non-hydrogen) atoms. The highest BCUT2D eigenvalue weighted by Gasteiger charge is 2.48. The first-order valence-electron chi connectivity index (χ1n) is 4.23.